The average molecular weight is 284 g/mol. The summed E-state index contributed by atoms with van der Waals surface area (Å²) in [4.78, 5) is 13.3. The molecule has 104 valence electrons. The Morgan fingerprint density at radius 2 is 1.89 bits per heavy atom. The van der Waals surface area contributed by atoms with E-state index in [2.05, 4.69) is 16.2 Å². The Balaban J connectivity index is 2.28. The first-order valence-corrected chi connectivity index (χ1v) is 6.14. The van der Waals surface area contributed by atoms with Gasteiger partial charge in [-0.2, -0.15) is 0 Å². The Bertz CT molecular complexity index is 436. The third-order valence-corrected chi connectivity index (χ3v) is 2.41. The summed E-state index contributed by atoms with van der Waals surface area (Å²) >= 11 is 4.98. The highest BCUT2D eigenvalue weighted by Crippen LogP contribution is 2.07. The second-order valence-corrected chi connectivity index (χ2v) is 4.60. The molecule has 0 unspecified atom stereocenters. The standard InChI is InChI=1S/C12H17FN4OS/c1-17(2)8-7-11(18)15-16-12(19)14-10-5-3-9(13)4-6-10/h3-6H,7-8H2,1-2H3,(H,15,18)(H2,14,16,19). The van der Waals surface area contributed by atoms with Crippen LogP contribution in [-0.2, 0) is 4.79 Å². The number of nitrogens with one attached hydrogen (secondary N) is 3. The molecule has 0 heterocycles. The van der Waals surface area contributed by atoms with Gasteiger partial charge in [0.05, 0.1) is 0 Å². The Morgan fingerprint density at radius 1 is 1.26 bits per heavy atom. The fourth-order valence-corrected chi connectivity index (χ4v) is 1.38. The lowest BCUT2D eigenvalue weighted by Gasteiger charge is -2.13. The van der Waals surface area contributed by atoms with E-state index in [4.69, 9.17) is 12.2 Å². The van der Waals surface area contributed by atoms with Gasteiger partial charge in [0.2, 0.25) is 5.91 Å². The van der Waals surface area contributed by atoms with E-state index in [0.29, 0.717) is 18.7 Å². The number of hydrogen-bond donors (Lipinski definition) is 3. The minimum absolute atomic E-state index is 0.156. The maximum Gasteiger partial charge on any atom is 0.239 e. The van der Waals surface area contributed by atoms with Gasteiger partial charge >= 0.3 is 0 Å². The highest BCUT2D eigenvalue weighted by molar-refractivity contribution is 7.80. The number of nitrogens with zero attached hydrogens (tertiary/aromatic N) is 1. The van der Waals surface area contributed by atoms with Crippen molar-refractivity contribution in [2.24, 2.45) is 0 Å². The number of carbonyl (C=O) groups excluding carboxylic acids is 1. The van der Waals surface area contributed by atoms with E-state index in [-0.39, 0.29) is 16.8 Å². The molecule has 1 rings (SSSR count). The molecule has 0 aromatic heterocycles. The van der Waals surface area contributed by atoms with Crippen LogP contribution in [0.2, 0.25) is 0 Å². The highest BCUT2D eigenvalue weighted by Gasteiger charge is 2.03. The van der Waals surface area contributed by atoms with Crippen LogP contribution in [-0.4, -0.2) is 36.6 Å². The number of thiocarbonyl (C=S) groups is 1. The molecule has 7 heteroatoms. The molecule has 0 radical (unpaired) electrons. The van der Waals surface area contributed by atoms with E-state index >= 15 is 0 Å². The second kappa shape index (κ2) is 7.65. The van der Waals surface area contributed by atoms with Crippen molar-refractivity contribution in [2.75, 3.05) is 26.0 Å². The number of carbonyl (C=O) groups is 1. The molecule has 0 aliphatic carbocycles. The van der Waals surface area contributed by atoms with Gasteiger partial charge in [-0.1, -0.05) is 0 Å². The van der Waals surface area contributed by atoms with Crippen LogP contribution in [0.25, 0.3) is 0 Å². The molecule has 0 spiro atoms. The molecule has 1 amide bonds. The van der Waals surface area contributed by atoms with Crippen molar-refractivity contribution in [1.29, 1.82) is 0 Å². The molecule has 3 N–H and O–H groups in total. The van der Waals surface area contributed by atoms with Crippen LogP contribution < -0.4 is 16.2 Å². The quantitative estimate of drug-likeness (QED) is 0.571. The van der Waals surface area contributed by atoms with E-state index in [1.54, 1.807) is 12.1 Å². The summed E-state index contributed by atoms with van der Waals surface area (Å²) in [5.74, 6) is -0.474. The molecular weight excluding hydrogens is 267 g/mol. The van der Waals surface area contributed by atoms with E-state index in [9.17, 15) is 9.18 Å². The molecule has 0 aliphatic heterocycles. The number of rotatable bonds is 4. The maximum atomic E-state index is 12.7. The summed E-state index contributed by atoms with van der Waals surface area (Å²) in [7, 11) is 3.78. The van der Waals surface area contributed by atoms with Gasteiger partial charge in [-0.05, 0) is 50.6 Å². The van der Waals surface area contributed by atoms with Crippen molar-refractivity contribution in [1.82, 2.24) is 15.8 Å². The van der Waals surface area contributed by atoms with Crippen molar-refractivity contribution in [3.63, 3.8) is 0 Å². The second-order valence-electron chi connectivity index (χ2n) is 4.19. The molecule has 0 saturated heterocycles. The van der Waals surface area contributed by atoms with Crippen LogP contribution in [0.1, 0.15) is 6.42 Å². The zero-order chi connectivity index (χ0) is 14.3. The molecule has 0 saturated carbocycles. The van der Waals surface area contributed by atoms with Crippen molar-refractivity contribution >= 4 is 28.9 Å². The number of halogens is 1. The van der Waals surface area contributed by atoms with E-state index in [1.165, 1.54) is 12.1 Å². The minimum Gasteiger partial charge on any atom is -0.331 e. The summed E-state index contributed by atoms with van der Waals surface area (Å²) in [6.45, 7) is 0.658. The van der Waals surface area contributed by atoms with Gasteiger partial charge in [-0.15, -0.1) is 0 Å². The minimum atomic E-state index is -0.318. The topological polar surface area (TPSA) is 56.4 Å². The number of hydrogen-bond acceptors (Lipinski definition) is 3. The van der Waals surface area contributed by atoms with Gasteiger partial charge < -0.3 is 10.2 Å². The molecule has 1 aromatic rings. The molecule has 19 heavy (non-hydrogen) atoms. The van der Waals surface area contributed by atoms with Crippen molar-refractivity contribution in [3.8, 4) is 0 Å². The lowest BCUT2D eigenvalue weighted by Crippen LogP contribution is -2.44. The summed E-state index contributed by atoms with van der Waals surface area (Å²) in [6.07, 6.45) is 0.374. The molecule has 0 aliphatic rings. The lowest BCUT2D eigenvalue weighted by atomic mass is 10.3. The number of amides is 1. The zero-order valence-electron chi connectivity index (χ0n) is 10.9. The number of hydrazine groups is 1. The third kappa shape index (κ3) is 6.68. The highest BCUT2D eigenvalue weighted by atomic mass is 32.1. The average Bonchev–Trinajstić information content (AvgIpc) is 2.36. The molecule has 5 nitrogen and oxygen atoms in total. The lowest BCUT2D eigenvalue weighted by molar-refractivity contribution is -0.121. The molecule has 0 fully saturated rings. The van der Waals surface area contributed by atoms with Crippen LogP contribution in [0.3, 0.4) is 0 Å². The van der Waals surface area contributed by atoms with E-state index < -0.39 is 0 Å². The van der Waals surface area contributed by atoms with Crippen molar-refractivity contribution < 1.29 is 9.18 Å². The maximum absolute atomic E-state index is 12.7. The first-order chi connectivity index (χ1) is 8.97. The largest absolute Gasteiger partial charge is 0.331 e. The summed E-state index contributed by atoms with van der Waals surface area (Å²) in [5, 5.41) is 3.06. The number of anilines is 1. The first-order valence-electron chi connectivity index (χ1n) is 5.73. The molecule has 0 atom stereocenters. The summed E-state index contributed by atoms with van der Waals surface area (Å²) in [5.41, 5.74) is 5.69. The van der Waals surface area contributed by atoms with Gasteiger partial charge in [0, 0.05) is 18.7 Å². The Labute approximate surface area is 117 Å². The Hall–Kier alpha value is -1.73. The summed E-state index contributed by atoms with van der Waals surface area (Å²) in [6, 6.07) is 5.75. The van der Waals surface area contributed by atoms with Gasteiger partial charge in [0.25, 0.3) is 0 Å². The van der Waals surface area contributed by atoms with Crippen LogP contribution in [0, 0.1) is 5.82 Å². The van der Waals surface area contributed by atoms with Gasteiger partial charge in [-0.3, -0.25) is 15.6 Å². The molecule has 1 aromatic carbocycles. The van der Waals surface area contributed by atoms with Crippen LogP contribution >= 0.6 is 12.2 Å². The van der Waals surface area contributed by atoms with Crippen LogP contribution in [0.15, 0.2) is 24.3 Å². The predicted molar refractivity (Wildman–Crippen MR) is 77.1 cm³/mol. The van der Waals surface area contributed by atoms with Crippen molar-refractivity contribution in [3.05, 3.63) is 30.1 Å². The van der Waals surface area contributed by atoms with Gasteiger partial charge in [0.15, 0.2) is 5.11 Å². The predicted octanol–water partition coefficient (Wildman–Crippen LogP) is 1.09. The SMILES string of the molecule is CN(C)CCC(=O)NNC(=S)Nc1ccc(F)cc1. The smallest absolute Gasteiger partial charge is 0.239 e. The molecular formula is C12H17FN4OS. The monoisotopic (exact) mass is 284 g/mol. The van der Waals surface area contributed by atoms with Gasteiger partial charge in [-0.25, -0.2) is 4.39 Å². The van der Waals surface area contributed by atoms with Gasteiger partial charge in [0.1, 0.15) is 5.82 Å². The van der Waals surface area contributed by atoms with Crippen molar-refractivity contribution in [2.45, 2.75) is 6.42 Å². The Kier molecular flexibility index (Phi) is 6.17. The number of benzene rings is 1. The Morgan fingerprint density at radius 3 is 2.47 bits per heavy atom. The summed E-state index contributed by atoms with van der Waals surface area (Å²) < 4.78 is 12.7. The normalized spacial score (nSPS) is 10.1. The van der Waals surface area contributed by atoms with E-state index in [1.807, 2.05) is 19.0 Å². The van der Waals surface area contributed by atoms with E-state index in [0.717, 1.165) is 0 Å². The fourth-order valence-electron chi connectivity index (χ4n) is 1.21. The van der Waals surface area contributed by atoms with Crippen LogP contribution in [0.5, 0.6) is 0 Å². The van der Waals surface area contributed by atoms with Crippen LogP contribution in [0.4, 0.5) is 10.1 Å². The molecule has 0 bridgehead atoms. The first kappa shape index (κ1) is 15.3. The zero-order valence-corrected chi connectivity index (χ0v) is 11.7. The fraction of sp³-hybridized carbons (Fsp3) is 0.333. The third-order valence-electron chi connectivity index (χ3n) is 2.20.